The van der Waals surface area contributed by atoms with Crippen molar-refractivity contribution < 1.29 is 4.74 Å². The molecule has 22 heavy (non-hydrogen) atoms. The zero-order valence-corrected chi connectivity index (χ0v) is 14.6. The van der Waals surface area contributed by atoms with Crippen molar-refractivity contribution in [1.29, 1.82) is 0 Å². The van der Waals surface area contributed by atoms with E-state index in [0.717, 1.165) is 53.7 Å². The lowest BCUT2D eigenvalue weighted by Gasteiger charge is -2.09. The van der Waals surface area contributed by atoms with E-state index in [1.165, 1.54) is 5.56 Å². The summed E-state index contributed by atoms with van der Waals surface area (Å²) in [5.41, 5.74) is 1.40. The summed E-state index contributed by atoms with van der Waals surface area (Å²) in [6, 6.07) is 16.5. The summed E-state index contributed by atoms with van der Waals surface area (Å²) in [5, 5.41) is 0.815. The molecule has 0 atom stereocenters. The molecule has 0 aromatic heterocycles. The van der Waals surface area contributed by atoms with Crippen LogP contribution >= 0.6 is 23.4 Å². The Balaban J connectivity index is 1.72. The minimum Gasteiger partial charge on any atom is -0.494 e. The lowest BCUT2D eigenvalue weighted by molar-refractivity contribution is 0.306. The molecule has 1 nitrogen and oxygen atoms in total. The van der Waals surface area contributed by atoms with E-state index in [1.807, 2.05) is 12.1 Å². The Kier molecular flexibility index (Phi) is 7.68. The number of thioether (sulfide) groups is 1. The van der Waals surface area contributed by atoms with Crippen LogP contribution in [-0.2, 0) is 6.42 Å². The molecule has 2 aromatic carbocycles. The largest absolute Gasteiger partial charge is 0.494 e. The van der Waals surface area contributed by atoms with E-state index in [2.05, 4.69) is 43.3 Å². The predicted molar refractivity (Wildman–Crippen MR) is 97.3 cm³/mol. The predicted octanol–water partition coefficient (Wildman–Crippen LogP) is 6.24. The molecule has 0 radical (unpaired) electrons. The van der Waals surface area contributed by atoms with Gasteiger partial charge in [-0.1, -0.05) is 48.9 Å². The molecule has 0 fully saturated rings. The van der Waals surface area contributed by atoms with E-state index in [4.69, 9.17) is 16.3 Å². The highest BCUT2D eigenvalue weighted by Crippen LogP contribution is 2.31. The third kappa shape index (κ3) is 5.94. The van der Waals surface area contributed by atoms with Crippen LogP contribution in [0, 0.1) is 0 Å². The minimum absolute atomic E-state index is 0.756. The molecule has 0 heterocycles. The molecule has 2 aromatic rings. The van der Waals surface area contributed by atoms with Gasteiger partial charge in [-0.2, -0.15) is 0 Å². The van der Waals surface area contributed by atoms with Gasteiger partial charge in [0.05, 0.1) is 11.6 Å². The van der Waals surface area contributed by atoms with Crippen molar-refractivity contribution >= 4 is 23.4 Å². The molecule has 0 N–H and O–H groups in total. The van der Waals surface area contributed by atoms with Gasteiger partial charge in [0.15, 0.2) is 0 Å². The Hall–Kier alpha value is -1.12. The van der Waals surface area contributed by atoms with Gasteiger partial charge < -0.3 is 4.74 Å². The molecule has 0 saturated carbocycles. The Labute approximate surface area is 143 Å². The molecule has 0 amide bonds. The van der Waals surface area contributed by atoms with Crippen LogP contribution in [-0.4, -0.2) is 12.4 Å². The average molecular weight is 335 g/mol. The standard InChI is InChI=1S/C19H23ClOS/c1-2-14-22-19-15-17(11-12-18(19)20)21-13-7-6-10-16-8-4-3-5-9-16/h3-5,8-9,11-12,15H,2,6-7,10,13-14H2,1H3. The van der Waals surface area contributed by atoms with Gasteiger partial charge in [-0.25, -0.2) is 0 Å². The highest BCUT2D eigenvalue weighted by Gasteiger charge is 2.03. The van der Waals surface area contributed by atoms with E-state index in [0.29, 0.717) is 0 Å². The average Bonchev–Trinajstić information content (AvgIpc) is 2.55. The third-order valence-electron chi connectivity index (χ3n) is 3.34. The SMILES string of the molecule is CCCSc1cc(OCCCCc2ccccc2)ccc1Cl. The zero-order chi connectivity index (χ0) is 15.6. The summed E-state index contributed by atoms with van der Waals surface area (Å²) in [6.07, 6.45) is 4.47. The summed E-state index contributed by atoms with van der Waals surface area (Å²) in [7, 11) is 0. The molecule has 0 bridgehead atoms. The second-order valence-electron chi connectivity index (χ2n) is 5.23. The monoisotopic (exact) mass is 334 g/mol. The molecule has 0 spiro atoms. The first-order chi connectivity index (χ1) is 10.8. The summed E-state index contributed by atoms with van der Waals surface area (Å²) in [5.74, 6) is 2.00. The maximum absolute atomic E-state index is 6.21. The Bertz CT molecular complexity index is 557. The van der Waals surface area contributed by atoms with E-state index in [9.17, 15) is 0 Å². The summed E-state index contributed by atoms with van der Waals surface area (Å²) in [6.45, 7) is 2.93. The number of unbranched alkanes of at least 4 members (excludes halogenated alkanes) is 1. The van der Waals surface area contributed by atoms with Gasteiger partial charge >= 0.3 is 0 Å². The van der Waals surface area contributed by atoms with Gasteiger partial charge in [-0.05, 0) is 55.2 Å². The van der Waals surface area contributed by atoms with Gasteiger partial charge in [0.2, 0.25) is 0 Å². The van der Waals surface area contributed by atoms with Crippen LogP contribution in [0.25, 0.3) is 0 Å². The second kappa shape index (κ2) is 9.81. The highest BCUT2D eigenvalue weighted by molar-refractivity contribution is 7.99. The molecule has 3 heteroatoms. The van der Waals surface area contributed by atoms with E-state index >= 15 is 0 Å². The fourth-order valence-electron chi connectivity index (χ4n) is 2.16. The first kappa shape index (κ1) is 17.2. The summed E-state index contributed by atoms with van der Waals surface area (Å²) < 4.78 is 5.85. The van der Waals surface area contributed by atoms with Gasteiger partial charge in [-0.3, -0.25) is 0 Å². The molecule has 0 aliphatic carbocycles. The lowest BCUT2D eigenvalue weighted by atomic mass is 10.1. The van der Waals surface area contributed by atoms with E-state index in [1.54, 1.807) is 11.8 Å². The Morgan fingerprint density at radius 3 is 2.64 bits per heavy atom. The topological polar surface area (TPSA) is 9.23 Å². The van der Waals surface area contributed by atoms with Crippen LogP contribution in [0.1, 0.15) is 31.7 Å². The fraction of sp³-hybridized carbons (Fsp3) is 0.368. The van der Waals surface area contributed by atoms with Gasteiger partial charge in [0.25, 0.3) is 0 Å². The molecular formula is C19H23ClOS. The van der Waals surface area contributed by atoms with Crippen LogP contribution in [0.3, 0.4) is 0 Å². The molecule has 0 aliphatic rings. The molecule has 0 aliphatic heterocycles. The van der Waals surface area contributed by atoms with Crippen molar-refractivity contribution in [1.82, 2.24) is 0 Å². The number of benzene rings is 2. The molecular weight excluding hydrogens is 312 g/mol. The minimum atomic E-state index is 0.756. The third-order valence-corrected chi connectivity index (χ3v) is 5.04. The molecule has 118 valence electrons. The smallest absolute Gasteiger partial charge is 0.120 e. The van der Waals surface area contributed by atoms with Crippen LogP contribution in [0.4, 0.5) is 0 Å². The van der Waals surface area contributed by atoms with E-state index < -0.39 is 0 Å². The van der Waals surface area contributed by atoms with Crippen LogP contribution < -0.4 is 4.74 Å². The van der Waals surface area contributed by atoms with Gasteiger partial charge in [-0.15, -0.1) is 11.8 Å². The van der Waals surface area contributed by atoms with Crippen molar-refractivity contribution in [2.24, 2.45) is 0 Å². The number of hydrogen-bond donors (Lipinski definition) is 0. The summed E-state index contributed by atoms with van der Waals surface area (Å²) >= 11 is 8.00. The maximum Gasteiger partial charge on any atom is 0.120 e. The van der Waals surface area contributed by atoms with Crippen molar-refractivity contribution in [3.05, 3.63) is 59.1 Å². The number of hydrogen-bond acceptors (Lipinski definition) is 2. The van der Waals surface area contributed by atoms with Crippen molar-refractivity contribution in [2.75, 3.05) is 12.4 Å². The van der Waals surface area contributed by atoms with Crippen LogP contribution in [0.5, 0.6) is 5.75 Å². The Morgan fingerprint density at radius 1 is 1.05 bits per heavy atom. The number of halogens is 1. The summed E-state index contributed by atoms with van der Waals surface area (Å²) in [4.78, 5) is 1.12. The first-order valence-corrected chi connectivity index (χ1v) is 9.25. The fourth-order valence-corrected chi connectivity index (χ4v) is 3.27. The number of aryl methyl sites for hydroxylation is 1. The Morgan fingerprint density at radius 2 is 1.86 bits per heavy atom. The molecule has 0 unspecified atom stereocenters. The highest BCUT2D eigenvalue weighted by atomic mass is 35.5. The first-order valence-electron chi connectivity index (χ1n) is 7.88. The van der Waals surface area contributed by atoms with Crippen molar-refractivity contribution in [3.63, 3.8) is 0 Å². The van der Waals surface area contributed by atoms with Gasteiger partial charge in [0, 0.05) is 4.90 Å². The second-order valence-corrected chi connectivity index (χ2v) is 6.78. The van der Waals surface area contributed by atoms with Crippen molar-refractivity contribution in [3.8, 4) is 5.75 Å². The van der Waals surface area contributed by atoms with Crippen LogP contribution in [0.2, 0.25) is 5.02 Å². The van der Waals surface area contributed by atoms with Crippen molar-refractivity contribution in [2.45, 2.75) is 37.5 Å². The zero-order valence-electron chi connectivity index (χ0n) is 13.1. The molecule has 0 saturated heterocycles. The number of rotatable bonds is 9. The maximum atomic E-state index is 6.21. The van der Waals surface area contributed by atoms with Gasteiger partial charge in [0.1, 0.15) is 5.75 Å². The normalized spacial score (nSPS) is 10.6. The lowest BCUT2D eigenvalue weighted by Crippen LogP contribution is -1.98. The van der Waals surface area contributed by atoms with Crippen LogP contribution in [0.15, 0.2) is 53.4 Å². The quantitative estimate of drug-likeness (QED) is 0.396. The number of ether oxygens (including phenoxy) is 1. The molecule has 2 rings (SSSR count). The van der Waals surface area contributed by atoms with E-state index in [-0.39, 0.29) is 0 Å².